The standard InChI is InChI=1S/C30H28NP/c1-2-21-31(32(26-15-5-3-6-16-26)27-17-7-4-8-18-27)23-30-28-19-11-9-13-24(28)22-25-14-10-12-20-29(25)30/h3-20,22H,2,21,23H2,1H3. The third-order valence-electron chi connectivity index (χ3n) is 5.99. The van der Waals surface area contributed by atoms with Crippen LogP contribution < -0.4 is 10.6 Å². The Morgan fingerprint density at radius 2 is 1.06 bits per heavy atom. The number of hydrogen-bond donors (Lipinski definition) is 0. The molecule has 158 valence electrons. The molecule has 0 aliphatic carbocycles. The van der Waals surface area contributed by atoms with Crippen LogP contribution in [0.4, 0.5) is 0 Å². The maximum absolute atomic E-state index is 2.72. The van der Waals surface area contributed by atoms with Crippen LogP contribution in [0.3, 0.4) is 0 Å². The average Bonchev–Trinajstić information content (AvgIpc) is 2.85. The van der Waals surface area contributed by atoms with Crippen molar-refractivity contribution in [3.8, 4) is 0 Å². The molecule has 5 rings (SSSR count). The summed E-state index contributed by atoms with van der Waals surface area (Å²) in [5.41, 5.74) is 1.44. The normalized spacial score (nSPS) is 11.6. The van der Waals surface area contributed by atoms with Gasteiger partial charge >= 0.3 is 0 Å². The van der Waals surface area contributed by atoms with Crippen LogP contribution in [0.15, 0.2) is 115 Å². The van der Waals surface area contributed by atoms with Gasteiger partial charge in [0.25, 0.3) is 0 Å². The van der Waals surface area contributed by atoms with Crippen LogP contribution in [0.25, 0.3) is 21.5 Å². The highest BCUT2D eigenvalue weighted by molar-refractivity contribution is 7.70. The molecule has 5 aromatic rings. The van der Waals surface area contributed by atoms with Gasteiger partial charge in [0.1, 0.15) is 0 Å². The van der Waals surface area contributed by atoms with Gasteiger partial charge in [0.05, 0.1) is 0 Å². The molecule has 0 heterocycles. The first-order chi connectivity index (χ1) is 15.8. The Hall–Kier alpha value is -2.99. The third kappa shape index (κ3) is 4.19. The second-order valence-corrected chi connectivity index (χ2v) is 10.4. The van der Waals surface area contributed by atoms with Crippen LogP contribution in [-0.4, -0.2) is 11.2 Å². The molecule has 5 aromatic carbocycles. The van der Waals surface area contributed by atoms with E-state index in [1.165, 1.54) is 37.7 Å². The van der Waals surface area contributed by atoms with Gasteiger partial charge in [-0.1, -0.05) is 116 Å². The summed E-state index contributed by atoms with van der Waals surface area (Å²) in [7, 11) is -0.621. The maximum Gasteiger partial charge on any atom is 0.0290 e. The molecule has 0 saturated heterocycles. The summed E-state index contributed by atoms with van der Waals surface area (Å²) in [5.74, 6) is 0. The van der Waals surface area contributed by atoms with Crippen molar-refractivity contribution in [2.75, 3.05) is 6.54 Å². The number of benzene rings is 5. The van der Waals surface area contributed by atoms with Gasteiger partial charge in [0.15, 0.2) is 0 Å². The molecule has 0 spiro atoms. The second-order valence-electron chi connectivity index (χ2n) is 8.17. The fraction of sp³-hybridized carbons (Fsp3) is 0.133. The van der Waals surface area contributed by atoms with Gasteiger partial charge in [0.2, 0.25) is 0 Å². The molecule has 2 heteroatoms. The highest BCUT2D eigenvalue weighted by Gasteiger charge is 2.23. The van der Waals surface area contributed by atoms with E-state index >= 15 is 0 Å². The van der Waals surface area contributed by atoms with Gasteiger partial charge in [-0.2, -0.15) is 0 Å². The summed E-state index contributed by atoms with van der Waals surface area (Å²) in [6, 6.07) is 42.1. The molecule has 0 saturated carbocycles. The minimum atomic E-state index is -0.621. The second kappa shape index (κ2) is 9.65. The summed E-state index contributed by atoms with van der Waals surface area (Å²) in [4.78, 5) is 0. The number of nitrogens with zero attached hydrogens (tertiary/aromatic N) is 1. The predicted octanol–water partition coefficient (Wildman–Crippen LogP) is 7.25. The van der Waals surface area contributed by atoms with Crippen LogP contribution >= 0.6 is 8.07 Å². The molecule has 0 atom stereocenters. The zero-order valence-corrected chi connectivity index (χ0v) is 19.4. The lowest BCUT2D eigenvalue weighted by Crippen LogP contribution is -2.29. The first-order valence-corrected chi connectivity index (χ1v) is 12.7. The van der Waals surface area contributed by atoms with Crippen LogP contribution in [0.1, 0.15) is 18.9 Å². The van der Waals surface area contributed by atoms with E-state index in [0.29, 0.717) is 0 Å². The highest BCUT2D eigenvalue weighted by atomic mass is 31.1. The Kier molecular flexibility index (Phi) is 6.30. The minimum absolute atomic E-state index is 0.621. The molecule has 0 aliphatic heterocycles. The van der Waals surface area contributed by atoms with Crippen LogP contribution in [-0.2, 0) is 6.54 Å². The summed E-state index contributed by atoms with van der Waals surface area (Å²) >= 11 is 0. The highest BCUT2D eigenvalue weighted by Crippen LogP contribution is 2.41. The molecule has 0 radical (unpaired) electrons. The molecule has 0 fully saturated rings. The van der Waals surface area contributed by atoms with E-state index in [0.717, 1.165) is 19.5 Å². The van der Waals surface area contributed by atoms with E-state index in [4.69, 9.17) is 0 Å². The van der Waals surface area contributed by atoms with E-state index in [-0.39, 0.29) is 0 Å². The van der Waals surface area contributed by atoms with Crippen molar-refractivity contribution in [2.24, 2.45) is 0 Å². The SMILES string of the molecule is CCCN(Cc1c2ccccc2cc2ccccc12)P(c1ccccc1)c1ccccc1. The molecular formula is C30H28NP. The van der Waals surface area contributed by atoms with Crippen molar-refractivity contribution in [1.29, 1.82) is 0 Å². The van der Waals surface area contributed by atoms with E-state index in [1.54, 1.807) is 0 Å². The summed E-state index contributed by atoms with van der Waals surface area (Å²) < 4.78 is 2.72. The predicted molar refractivity (Wildman–Crippen MR) is 141 cm³/mol. The van der Waals surface area contributed by atoms with Gasteiger partial charge in [-0.15, -0.1) is 0 Å². The lowest BCUT2D eigenvalue weighted by molar-refractivity contribution is 0.458. The Morgan fingerprint density at radius 1 is 0.594 bits per heavy atom. The third-order valence-corrected chi connectivity index (χ3v) is 8.47. The molecule has 0 unspecified atom stereocenters. The van der Waals surface area contributed by atoms with E-state index in [9.17, 15) is 0 Å². The first kappa shape index (κ1) is 20.9. The van der Waals surface area contributed by atoms with Crippen molar-refractivity contribution >= 4 is 40.2 Å². The molecule has 32 heavy (non-hydrogen) atoms. The molecule has 0 N–H and O–H groups in total. The quantitative estimate of drug-likeness (QED) is 0.193. The number of fused-ring (bicyclic) bond motifs is 2. The molecule has 0 amide bonds. The zero-order chi connectivity index (χ0) is 21.8. The molecular weight excluding hydrogens is 405 g/mol. The number of rotatable bonds is 7. The molecule has 0 bridgehead atoms. The Morgan fingerprint density at radius 3 is 1.56 bits per heavy atom. The van der Waals surface area contributed by atoms with Crippen molar-refractivity contribution in [3.05, 3.63) is 121 Å². The Labute approximate surface area is 192 Å². The van der Waals surface area contributed by atoms with Crippen molar-refractivity contribution < 1.29 is 0 Å². The average molecular weight is 434 g/mol. The largest absolute Gasteiger partial charge is 0.270 e. The van der Waals surface area contributed by atoms with E-state index < -0.39 is 8.07 Å². The van der Waals surface area contributed by atoms with Gasteiger partial charge in [-0.05, 0) is 50.2 Å². The summed E-state index contributed by atoms with van der Waals surface area (Å²) in [6.45, 7) is 4.29. The van der Waals surface area contributed by atoms with Crippen molar-refractivity contribution in [2.45, 2.75) is 19.9 Å². The fourth-order valence-corrected chi connectivity index (χ4v) is 7.13. The molecule has 1 nitrogen and oxygen atoms in total. The Balaban J connectivity index is 1.68. The van der Waals surface area contributed by atoms with E-state index in [2.05, 4.69) is 127 Å². The topological polar surface area (TPSA) is 3.24 Å². The van der Waals surface area contributed by atoms with Gasteiger partial charge in [-0.3, -0.25) is 4.67 Å². The monoisotopic (exact) mass is 433 g/mol. The lowest BCUT2D eigenvalue weighted by Gasteiger charge is -2.33. The lowest BCUT2D eigenvalue weighted by atomic mass is 9.97. The maximum atomic E-state index is 2.72. The zero-order valence-electron chi connectivity index (χ0n) is 18.5. The van der Waals surface area contributed by atoms with Crippen molar-refractivity contribution in [3.63, 3.8) is 0 Å². The van der Waals surface area contributed by atoms with Crippen LogP contribution in [0.5, 0.6) is 0 Å². The van der Waals surface area contributed by atoms with Gasteiger partial charge in [-0.25, -0.2) is 0 Å². The fourth-order valence-electron chi connectivity index (χ4n) is 4.58. The van der Waals surface area contributed by atoms with E-state index in [1.807, 2.05) is 0 Å². The number of hydrogen-bond acceptors (Lipinski definition) is 1. The summed E-state index contributed by atoms with van der Waals surface area (Å²) in [6.07, 6.45) is 1.13. The summed E-state index contributed by atoms with van der Waals surface area (Å²) in [5, 5.41) is 8.19. The Bertz CT molecular complexity index is 1220. The first-order valence-electron chi connectivity index (χ1n) is 11.4. The van der Waals surface area contributed by atoms with Crippen molar-refractivity contribution in [1.82, 2.24) is 4.67 Å². The molecule has 0 aromatic heterocycles. The van der Waals surface area contributed by atoms with Crippen LogP contribution in [0.2, 0.25) is 0 Å². The smallest absolute Gasteiger partial charge is 0.0290 e. The van der Waals surface area contributed by atoms with Gasteiger partial charge in [0, 0.05) is 21.2 Å². The van der Waals surface area contributed by atoms with Gasteiger partial charge < -0.3 is 0 Å². The van der Waals surface area contributed by atoms with Crippen LogP contribution in [0, 0.1) is 0 Å². The minimum Gasteiger partial charge on any atom is -0.270 e. The molecule has 0 aliphatic rings.